The molecule has 0 amide bonds. The van der Waals surface area contributed by atoms with Crippen LogP contribution in [0.5, 0.6) is 5.75 Å². The third kappa shape index (κ3) is 3.34. The van der Waals surface area contributed by atoms with E-state index in [-0.39, 0.29) is 12.2 Å². The lowest BCUT2D eigenvalue weighted by molar-refractivity contribution is 0.0473. The van der Waals surface area contributed by atoms with E-state index in [1.165, 1.54) is 21.8 Å². The van der Waals surface area contributed by atoms with Gasteiger partial charge in [0.2, 0.25) is 0 Å². The normalized spacial score (nSPS) is 12.2. The number of ether oxygens (including phenoxy) is 2. The largest absolute Gasteiger partial charge is 0.488 e. The highest BCUT2D eigenvalue weighted by molar-refractivity contribution is 9.10. The van der Waals surface area contributed by atoms with Crippen molar-refractivity contribution in [2.75, 3.05) is 0 Å². The molecule has 1 aliphatic heterocycles. The highest BCUT2D eigenvalue weighted by Gasteiger charge is 2.23. The number of aromatic nitrogens is 2. The quantitative estimate of drug-likeness (QED) is 0.415. The van der Waals surface area contributed by atoms with Crippen LogP contribution in [0.25, 0.3) is 16.1 Å². The van der Waals surface area contributed by atoms with E-state index in [4.69, 9.17) is 9.47 Å². The van der Waals surface area contributed by atoms with Crippen LogP contribution in [-0.4, -0.2) is 15.4 Å². The van der Waals surface area contributed by atoms with Crippen LogP contribution >= 0.6 is 27.3 Å². The van der Waals surface area contributed by atoms with Gasteiger partial charge in [0.05, 0.1) is 5.69 Å². The molecule has 4 heterocycles. The summed E-state index contributed by atoms with van der Waals surface area (Å²) in [6.07, 6.45) is 1.65. The molecule has 0 spiro atoms. The Labute approximate surface area is 177 Å². The average Bonchev–Trinajstić information content (AvgIpc) is 3.17. The van der Waals surface area contributed by atoms with Crippen LogP contribution in [0.4, 0.5) is 0 Å². The number of benzene rings is 1. The molecular formula is C21H13BrN2O4S. The van der Waals surface area contributed by atoms with Crippen molar-refractivity contribution in [1.82, 2.24) is 9.38 Å². The van der Waals surface area contributed by atoms with Crippen molar-refractivity contribution in [2.45, 2.75) is 13.2 Å². The third-order valence-corrected chi connectivity index (χ3v) is 6.21. The van der Waals surface area contributed by atoms with E-state index >= 15 is 0 Å². The van der Waals surface area contributed by atoms with E-state index in [1.54, 1.807) is 24.4 Å². The molecule has 29 heavy (non-hydrogen) atoms. The Kier molecular flexibility index (Phi) is 4.44. The lowest BCUT2D eigenvalue weighted by Crippen LogP contribution is -2.16. The highest BCUT2D eigenvalue weighted by atomic mass is 79.9. The fourth-order valence-corrected chi connectivity index (χ4v) is 4.64. The average molecular weight is 469 g/mol. The van der Waals surface area contributed by atoms with Gasteiger partial charge in [0.15, 0.2) is 0 Å². The first kappa shape index (κ1) is 18.1. The molecule has 1 aromatic carbocycles. The summed E-state index contributed by atoms with van der Waals surface area (Å²) in [6.45, 7) is 0.352. The van der Waals surface area contributed by atoms with Crippen LogP contribution in [0.2, 0.25) is 0 Å². The summed E-state index contributed by atoms with van der Waals surface area (Å²) in [6, 6.07) is 14.5. The van der Waals surface area contributed by atoms with Crippen molar-refractivity contribution in [2.24, 2.45) is 0 Å². The molecule has 4 aromatic rings. The van der Waals surface area contributed by atoms with Gasteiger partial charge in [-0.05, 0) is 46.3 Å². The second kappa shape index (κ2) is 7.13. The molecule has 144 valence electrons. The molecule has 8 heteroatoms. The maximum atomic E-state index is 12.6. The van der Waals surface area contributed by atoms with Gasteiger partial charge in [0, 0.05) is 32.7 Å². The minimum atomic E-state index is -0.445. The SMILES string of the molecule is O=C(OCc1cc(=O)n2cc(Br)ccc2n1)c1cc2c(s1)-c1ccccc1OC2. The van der Waals surface area contributed by atoms with Gasteiger partial charge < -0.3 is 9.47 Å². The summed E-state index contributed by atoms with van der Waals surface area (Å²) in [5, 5.41) is 0. The number of halogens is 1. The van der Waals surface area contributed by atoms with Crippen LogP contribution in [0.15, 0.2) is 64.0 Å². The number of rotatable bonds is 3. The van der Waals surface area contributed by atoms with Crippen molar-refractivity contribution in [3.8, 4) is 16.2 Å². The Bertz CT molecular complexity index is 1330. The predicted molar refractivity (Wildman–Crippen MR) is 112 cm³/mol. The van der Waals surface area contributed by atoms with E-state index in [0.29, 0.717) is 22.8 Å². The first-order valence-corrected chi connectivity index (χ1v) is 10.4. The molecular weight excluding hydrogens is 456 g/mol. The van der Waals surface area contributed by atoms with Crippen molar-refractivity contribution >= 4 is 38.9 Å². The molecule has 0 unspecified atom stereocenters. The lowest BCUT2D eigenvalue weighted by Gasteiger charge is -2.16. The number of nitrogens with zero attached hydrogens (tertiary/aromatic N) is 2. The van der Waals surface area contributed by atoms with Crippen LogP contribution in [-0.2, 0) is 18.0 Å². The highest BCUT2D eigenvalue weighted by Crippen LogP contribution is 2.42. The first-order chi connectivity index (χ1) is 14.1. The number of carbonyl (C=O) groups excluding carboxylic acids is 1. The lowest BCUT2D eigenvalue weighted by atomic mass is 10.1. The molecule has 1 aliphatic rings. The van der Waals surface area contributed by atoms with Crippen LogP contribution in [0.1, 0.15) is 20.9 Å². The topological polar surface area (TPSA) is 69.9 Å². The zero-order valence-corrected chi connectivity index (χ0v) is 17.3. The van der Waals surface area contributed by atoms with E-state index in [9.17, 15) is 9.59 Å². The summed E-state index contributed by atoms with van der Waals surface area (Å²) in [7, 11) is 0. The number of hydrogen-bond donors (Lipinski definition) is 0. The predicted octanol–water partition coefficient (Wildman–Crippen LogP) is 4.43. The van der Waals surface area contributed by atoms with Crippen molar-refractivity contribution in [1.29, 1.82) is 0 Å². The van der Waals surface area contributed by atoms with Gasteiger partial charge in [-0.15, -0.1) is 11.3 Å². The first-order valence-electron chi connectivity index (χ1n) is 8.78. The van der Waals surface area contributed by atoms with Gasteiger partial charge in [0.25, 0.3) is 5.56 Å². The second-order valence-corrected chi connectivity index (χ2v) is 8.46. The molecule has 0 N–H and O–H groups in total. The number of carbonyl (C=O) groups is 1. The smallest absolute Gasteiger partial charge is 0.348 e. The minimum Gasteiger partial charge on any atom is -0.488 e. The van der Waals surface area contributed by atoms with Gasteiger partial charge in [0.1, 0.15) is 29.5 Å². The number of pyridine rings is 1. The third-order valence-electron chi connectivity index (χ3n) is 4.55. The zero-order valence-electron chi connectivity index (χ0n) is 14.9. The molecule has 0 fully saturated rings. The van der Waals surface area contributed by atoms with Gasteiger partial charge >= 0.3 is 5.97 Å². The van der Waals surface area contributed by atoms with Gasteiger partial charge in [-0.1, -0.05) is 12.1 Å². The van der Waals surface area contributed by atoms with E-state index in [0.717, 1.165) is 26.2 Å². The monoisotopic (exact) mass is 468 g/mol. The summed E-state index contributed by atoms with van der Waals surface area (Å²) < 4.78 is 13.4. The Hall–Kier alpha value is -2.97. The number of esters is 1. The van der Waals surface area contributed by atoms with Crippen LogP contribution in [0.3, 0.4) is 0 Å². The zero-order chi connectivity index (χ0) is 20.0. The Morgan fingerprint density at radius 1 is 1.24 bits per heavy atom. The maximum Gasteiger partial charge on any atom is 0.348 e. The molecule has 0 saturated carbocycles. The molecule has 3 aromatic heterocycles. The number of para-hydroxylation sites is 1. The summed E-state index contributed by atoms with van der Waals surface area (Å²) in [5.41, 5.74) is 2.61. The maximum absolute atomic E-state index is 12.6. The van der Waals surface area contributed by atoms with Gasteiger partial charge in [-0.2, -0.15) is 0 Å². The Balaban J connectivity index is 1.37. The molecule has 0 atom stereocenters. The standard InChI is InChI=1S/C21H13BrN2O4S/c22-13-5-6-18-23-14(8-19(25)24(18)9-13)11-28-21(26)17-7-12-10-27-16-4-2-1-3-15(16)20(12)29-17/h1-9H,10-11H2. The molecule has 0 radical (unpaired) electrons. The molecule has 6 nitrogen and oxygen atoms in total. The second-order valence-electron chi connectivity index (χ2n) is 6.49. The molecule has 5 rings (SSSR count). The van der Waals surface area contributed by atoms with E-state index in [2.05, 4.69) is 20.9 Å². The molecule has 0 saturated heterocycles. The minimum absolute atomic E-state index is 0.0731. The fourth-order valence-electron chi connectivity index (χ4n) is 3.21. The Morgan fingerprint density at radius 2 is 2.10 bits per heavy atom. The number of hydrogen-bond acceptors (Lipinski definition) is 6. The van der Waals surface area contributed by atoms with Crippen LogP contribution < -0.4 is 10.3 Å². The summed E-state index contributed by atoms with van der Waals surface area (Å²) >= 11 is 4.71. The van der Waals surface area contributed by atoms with Gasteiger partial charge in [-0.3, -0.25) is 9.20 Å². The van der Waals surface area contributed by atoms with E-state index < -0.39 is 5.97 Å². The van der Waals surface area contributed by atoms with Crippen LogP contribution in [0, 0.1) is 0 Å². The number of fused-ring (bicyclic) bond motifs is 4. The number of thiophene rings is 1. The van der Waals surface area contributed by atoms with Crippen molar-refractivity contribution in [3.05, 3.63) is 85.7 Å². The molecule has 0 aliphatic carbocycles. The van der Waals surface area contributed by atoms with E-state index in [1.807, 2.05) is 24.3 Å². The van der Waals surface area contributed by atoms with Crippen molar-refractivity contribution in [3.63, 3.8) is 0 Å². The fraction of sp³-hybridized carbons (Fsp3) is 0.0952. The summed E-state index contributed by atoms with van der Waals surface area (Å²) in [4.78, 5) is 30.7. The Morgan fingerprint density at radius 3 is 3.00 bits per heavy atom. The van der Waals surface area contributed by atoms with Crippen molar-refractivity contribution < 1.29 is 14.3 Å². The molecule has 0 bridgehead atoms. The summed E-state index contributed by atoms with van der Waals surface area (Å²) in [5.74, 6) is 0.369. The van der Waals surface area contributed by atoms with Gasteiger partial charge in [-0.25, -0.2) is 9.78 Å².